The van der Waals surface area contributed by atoms with Gasteiger partial charge in [0.25, 0.3) is 17.3 Å². The van der Waals surface area contributed by atoms with Gasteiger partial charge in [-0.15, -0.1) is 10.2 Å². The lowest BCUT2D eigenvalue weighted by atomic mass is 10.1. The SMILES string of the molecule is O=C(Cc1nnc(NC(=O)c2ccc([N+](=O)[O-])cc2[N+](=O)[O-])s1)N/N=C\c1ccc2c(c1)OCO2. The van der Waals surface area contributed by atoms with Gasteiger partial charge in [0, 0.05) is 6.07 Å². The van der Waals surface area contributed by atoms with Crippen molar-refractivity contribution in [3.8, 4) is 11.5 Å². The number of hydrogen-bond donors (Lipinski definition) is 2. The van der Waals surface area contributed by atoms with E-state index in [1.54, 1.807) is 18.2 Å². The lowest BCUT2D eigenvalue weighted by Crippen LogP contribution is -2.19. The maximum absolute atomic E-state index is 12.4. The molecule has 0 aliphatic carbocycles. The number of anilines is 1. The highest BCUT2D eigenvalue weighted by Gasteiger charge is 2.25. The van der Waals surface area contributed by atoms with Crippen LogP contribution >= 0.6 is 11.3 Å². The standard InChI is InChI=1S/C19H13N7O8S/c27-16(22-20-8-10-1-4-14-15(5-10)34-9-33-14)7-17-23-24-19(35-17)21-18(28)12-3-2-11(25(29)30)6-13(12)26(31)32/h1-6,8H,7,9H2,(H,22,27)(H,21,24,28)/b20-8-. The van der Waals surface area contributed by atoms with E-state index in [4.69, 9.17) is 9.47 Å². The Labute approximate surface area is 198 Å². The first-order valence-corrected chi connectivity index (χ1v) is 10.4. The molecule has 0 bridgehead atoms. The second-order valence-corrected chi connectivity index (χ2v) is 7.82. The minimum Gasteiger partial charge on any atom is -0.454 e. The van der Waals surface area contributed by atoms with E-state index in [0.717, 1.165) is 23.5 Å². The number of nitro groups is 2. The summed E-state index contributed by atoms with van der Waals surface area (Å²) in [5.74, 6) is -0.217. The predicted octanol–water partition coefficient (Wildman–Crippen LogP) is 2.03. The normalized spacial score (nSPS) is 11.9. The lowest BCUT2D eigenvalue weighted by molar-refractivity contribution is -0.394. The number of nitro benzene ring substituents is 2. The molecule has 178 valence electrons. The molecule has 1 aromatic heterocycles. The Balaban J connectivity index is 1.34. The number of non-ortho nitro benzene ring substituents is 1. The number of rotatable bonds is 8. The van der Waals surface area contributed by atoms with E-state index < -0.39 is 38.6 Å². The summed E-state index contributed by atoms with van der Waals surface area (Å²) in [5, 5.41) is 36.0. The molecule has 15 nitrogen and oxygen atoms in total. The van der Waals surface area contributed by atoms with Crippen molar-refractivity contribution < 1.29 is 28.9 Å². The molecule has 3 aromatic rings. The summed E-state index contributed by atoms with van der Waals surface area (Å²) in [4.78, 5) is 44.9. The van der Waals surface area contributed by atoms with Gasteiger partial charge in [0.2, 0.25) is 17.8 Å². The summed E-state index contributed by atoms with van der Waals surface area (Å²) in [6, 6.07) is 7.79. The fourth-order valence-corrected chi connectivity index (χ4v) is 3.60. The quantitative estimate of drug-likeness (QED) is 0.262. The average molecular weight is 499 g/mol. The molecule has 0 atom stereocenters. The van der Waals surface area contributed by atoms with E-state index in [2.05, 4.69) is 26.0 Å². The van der Waals surface area contributed by atoms with Crippen LogP contribution in [0.25, 0.3) is 0 Å². The smallest absolute Gasteiger partial charge is 0.289 e. The molecule has 0 saturated heterocycles. The second kappa shape index (κ2) is 9.87. The highest BCUT2D eigenvalue weighted by atomic mass is 32.1. The second-order valence-electron chi connectivity index (χ2n) is 6.75. The zero-order chi connectivity index (χ0) is 24.9. The molecule has 0 saturated carbocycles. The van der Waals surface area contributed by atoms with E-state index in [1.807, 2.05) is 0 Å². The van der Waals surface area contributed by atoms with Gasteiger partial charge in [-0.3, -0.25) is 35.1 Å². The number of ether oxygens (including phenoxy) is 2. The summed E-state index contributed by atoms with van der Waals surface area (Å²) in [7, 11) is 0. The molecule has 1 aliphatic rings. The Kier molecular flexibility index (Phi) is 6.54. The predicted molar refractivity (Wildman–Crippen MR) is 120 cm³/mol. The van der Waals surface area contributed by atoms with Gasteiger partial charge < -0.3 is 9.47 Å². The van der Waals surface area contributed by atoms with Crippen LogP contribution in [-0.4, -0.2) is 44.9 Å². The van der Waals surface area contributed by atoms with E-state index >= 15 is 0 Å². The third kappa shape index (κ3) is 5.50. The number of carbonyl (C=O) groups is 2. The van der Waals surface area contributed by atoms with Gasteiger partial charge in [0.1, 0.15) is 10.6 Å². The van der Waals surface area contributed by atoms with Crippen molar-refractivity contribution in [3.05, 3.63) is 72.8 Å². The Hall–Kier alpha value is -4.99. The van der Waals surface area contributed by atoms with Crippen LogP contribution in [0.5, 0.6) is 11.5 Å². The zero-order valence-corrected chi connectivity index (χ0v) is 18.2. The molecule has 35 heavy (non-hydrogen) atoms. The molecule has 2 aromatic carbocycles. The van der Waals surface area contributed by atoms with Crippen LogP contribution in [0.1, 0.15) is 20.9 Å². The summed E-state index contributed by atoms with van der Waals surface area (Å²) >= 11 is 0.874. The van der Waals surface area contributed by atoms with Gasteiger partial charge in [-0.05, 0) is 29.8 Å². The minimum absolute atomic E-state index is 0.0192. The third-order valence-electron chi connectivity index (χ3n) is 4.43. The van der Waals surface area contributed by atoms with Crippen LogP contribution in [-0.2, 0) is 11.2 Å². The van der Waals surface area contributed by atoms with Crippen molar-refractivity contribution in [2.75, 3.05) is 12.1 Å². The number of hydrogen-bond acceptors (Lipinski definition) is 12. The highest BCUT2D eigenvalue weighted by Crippen LogP contribution is 2.32. The topological polar surface area (TPSA) is 201 Å². The first-order chi connectivity index (χ1) is 16.8. The fraction of sp³-hybridized carbons (Fsp3) is 0.105. The largest absolute Gasteiger partial charge is 0.454 e. The van der Waals surface area contributed by atoms with E-state index in [1.165, 1.54) is 6.21 Å². The minimum atomic E-state index is -0.910. The summed E-state index contributed by atoms with van der Waals surface area (Å²) in [6.45, 7) is 0.141. The van der Waals surface area contributed by atoms with Crippen LogP contribution < -0.4 is 20.2 Å². The van der Waals surface area contributed by atoms with Gasteiger partial charge in [0.05, 0.1) is 28.5 Å². The number of nitrogens with zero attached hydrogens (tertiary/aromatic N) is 5. The van der Waals surface area contributed by atoms with Crippen molar-refractivity contribution in [3.63, 3.8) is 0 Å². The molecule has 0 radical (unpaired) electrons. The van der Waals surface area contributed by atoms with Crippen molar-refractivity contribution >= 4 is 45.9 Å². The van der Waals surface area contributed by atoms with E-state index in [9.17, 15) is 29.8 Å². The fourth-order valence-electron chi connectivity index (χ4n) is 2.87. The molecule has 2 amide bonds. The summed E-state index contributed by atoms with van der Waals surface area (Å²) in [6.07, 6.45) is 1.23. The van der Waals surface area contributed by atoms with Crippen molar-refractivity contribution in [1.82, 2.24) is 15.6 Å². The van der Waals surface area contributed by atoms with E-state index in [0.29, 0.717) is 23.1 Å². The van der Waals surface area contributed by atoms with Crippen molar-refractivity contribution in [1.29, 1.82) is 0 Å². The number of fused-ring (bicyclic) bond motifs is 1. The van der Waals surface area contributed by atoms with Crippen LogP contribution in [0.2, 0.25) is 0 Å². The molecular formula is C19H13N7O8S. The highest BCUT2D eigenvalue weighted by molar-refractivity contribution is 7.15. The molecule has 0 unspecified atom stereocenters. The van der Waals surface area contributed by atoms with Crippen molar-refractivity contribution in [2.24, 2.45) is 5.10 Å². The van der Waals surface area contributed by atoms with Crippen LogP contribution in [0.4, 0.5) is 16.5 Å². The van der Waals surface area contributed by atoms with Gasteiger partial charge >= 0.3 is 0 Å². The number of nitrogens with one attached hydrogen (secondary N) is 2. The molecular weight excluding hydrogens is 486 g/mol. The van der Waals surface area contributed by atoms with Gasteiger partial charge in [-0.25, -0.2) is 5.43 Å². The lowest BCUT2D eigenvalue weighted by Gasteiger charge is -2.02. The number of carbonyl (C=O) groups excluding carboxylic acids is 2. The first-order valence-electron chi connectivity index (χ1n) is 9.58. The molecule has 16 heteroatoms. The molecule has 0 spiro atoms. The van der Waals surface area contributed by atoms with Gasteiger partial charge in [-0.1, -0.05) is 11.3 Å². The Bertz CT molecular complexity index is 1370. The van der Waals surface area contributed by atoms with Crippen molar-refractivity contribution in [2.45, 2.75) is 6.42 Å². The number of benzene rings is 2. The van der Waals surface area contributed by atoms with Crippen LogP contribution in [0.3, 0.4) is 0 Å². The molecule has 1 aliphatic heterocycles. The summed E-state index contributed by atoms with van der Waals surface area (Å²) in [5.41, 5.74) is 1.35. The maximum atomic E-state index is 12.4. The van der Waals surface area contributed by atoms with Crippen LogP contribution in [0, 0.1) is 20.2 Å². The average Bonchev–Trinajstić information content (AvgIpc) is 3.47. The van der Waals surface area contributed by atoms with Gasteiger partial charge in [0.15, 0.2) is 11.5 Å². The Morgan fingerprint density at radius 3 is 2.66 bits per heavy atom. The number of hydrazone groups is 1. The molecule has 2 N–H and O–H groups in total. The maximum Gasteiger partial charge on any atom is 0.289 e. The Morgan fingerprint density at radius 1 is 1.09 bits per heavy atom. The Morgan fingerprint density at radius 2 is 1.89 bits per heavy atom. The molecule has 2 heterocycles. The molecule has 4 rings (SSSR count). The zero-order valence-electron chi connectivity index (χ0n) is 17.4. The van der Waals surface area contributed by atoms with Crippen LogP contribution in [0.15, 0.2) is 41.5 Å². The number of aromatic nitrogens is 2. The van der Waals surface area contributed by atoms with E-state index in [-0.39, 0.29) is 23.4 Å². The third-order valence-corrected chi connectivity index (χ3v) is 5.27. The number of amides is 2. The molecule has 0 fully saturated rings. The summed E-state index contributed by atoms with van der Waals surface area (Å²) < 4.78 is 10.5. The first kappa shape index (κ1) is 23.2. The monoisotopic (exact) mass is 499 g/mol. The van der Waals surface area contributed by atoms with Gasteiger partial charge in [-0.2, -0.15) is 5.10 Å².